The van der Waals surface area contributed by atoms with Gasteiger partial charge in [0.2, 0.25) is 0 Å². The minimum atomic E-state index is 0.223. The number of para-hydroxylation sites is 1. The quantitative estimate of drug-likeness (QED) is 0.799. The van der Waals surface area contributed by atoms with Crippen LogP contribution in [0.4, 0.5) is 5.69 Å². The lowest BCUT2D eigenvalue weighted by atomic mass is 10.2. The maximum absolute atomic E-state index is 8.78. The van der Waals surface area contributed by atoms with E-state index in [0.29, 0.717) is 12.6 Å². The molecule has 1 aliphatic rings. The van der Waals surface area contributed by atoms with E-state index in [1.165, 1.54) is 11.3 Å². The van der Waals surface area contributed by atoms with E-state index in [-0.39, 0.29) is 6.61 Å². The van der Waals surface area contributed by atoms with Crippen molar-refractivity contribution in [1.29, 1.82) is 0 Å². The highest BCUT2D eigenvalue weighted by Gasteiger charge is 2.22. The lowest BCUT2D eigenvalue weighted by Crippen LogP contribution is -2.34. The Balaban J connectivity index is 1.96. The summed E-state index contributed by atoms with van der Waals surface area (Å²) in [7, 11) is 0. The first-order valence-corrected chi connectivity index (χ1v) is 5.96. The topological polar surface area (TPSA) is 35.5 Å². The van der Waals surface area contributed by atoms with Crippen LogP contribution < -0.4 is 10.2 Å². The van der Waals surface area contributed by atoms with Crippen molar-refractivity contribution in [3.05, 3.63) is 29.8 Å². The zero-order valence-corrected chi connectivity index (χ0v) is 9.82. The Bertz CT molecular complexity index is 340. The first-order valence-electron chi connectivity index (χ1n) is 5.96. The number of benzene rings is 1. The number of nitrogens with zero attached hydrogens (tertiary/aromatic N) is 1. The summed E-state index contributed by atoms with van der Waals surface area (Å²) in [6.45, 7) is 5.23. The highest BCUT2D eigenvalue weighted by atomic mass is 16.3. The van der Waals surface area contributed by atoms with Crippen molar-refractivity contribution >= 4 is 5.69 Å². The highest BCUT2D eigenvalue weighted by molar-refractivity contribution is 5.53. The average Bonchev–Trinajstić information content (AvgIpc) is 2.75. The summed E-state index contributed by atoms with van der Waals surface area (Å²) in [4.78, 5) is 2.42. The lowest BCUT2D eigenvalue weighted by molar-refractivity contribution is 0.286. The normalized spacial score (nSPS) is 20.4. The third-order valence-electron chi connectivity index (χ3n) is 3.19. The van der Waals surface area contributed by atoms with Crippen molar-refractivity contribution in [2.24, 2.45) is 0 Å². The first kappa shape index (κ1) is 11.4. The highest BCUT2D eigenvalue weighted by Crippen LogP contribution is 2.23. The summed E-state index contributed by atoms with van der Waals surface area (Å²) >= 11 is 0. The molecule has 1 unspecified atom stereocenters. The van der Waals surface area contributed by atoms with Crippen LogP contribution in [0, 0.1) is 6.92 Å². The molecule has 1 atom stereocenters. The molecule has 1 aromatic rings. The molecular weight excluding hydrogens is 200 g/mol. The van der Waals surface area contributed by atoms with Crippen molar-refractivity contribution in [1.82, 2.24) is 5.32 Å². The molecule has 88 valence electrons. The maximum Gasteiger partial charge on any atom is 0.0556 e. The van der Waals surface area contributed by atoms with E-state index in [1.54, 1.807) is 0 Å². The van der Waals surface area contributed by atoms with Gasteiger partial charge in [-0.3, -0.25) is 0 Å². The zero-order chi connectivity index (χ0) is 11.4. The van der Waals surface area contributed by atoms with Crippen molar-refractivity contribution < 1.29 is 5.11 Å². The fourth-order valence-corrected chi connectivity index (χ4v) is 2.33. The van der Waals surface area contributed by atoms with Crippen LogP contribution >= 0.6 is 0 Å². The molecule has 1 aromatic carbocycles. The Morgan fingerprint density at radius 1 is 1.44 bits per heavy atom. The van der Waals surface area contributed by atoms with E-state index >= 15 is 0 Å². The van der Waals surface area contributed by atoms with Crippen LogP contribution in [0.15, 0.2) is 24.3 Å². The fourth-order valence-electron chi connectivity index (χ4n) is 2.33. The summed E-state index contributed by atoms with van der Waals surface area (Å²) in [6, 6.07) is 9.03. The van der Waals surface area contributed by atoms with Gasteiger partial charge in [-0.15, -0.1) is 0 Å². The van der Waals surface area contributed by atoms with E-state index in [0.717, 1.165) is 19.5 Å². The van der Waals surface area contributed by atoms with Gasteiger partial charge in [-0.25, -0.2) is 0 Å². The number of hydrogen-bond acceptors (Lipinski definition) is 3. The van der Waals surface area contributed by atoms with Crippen molar-refractivity contribution in [2.75, 3.05) is 31.1 Å². The summed E-state index contributed by atoms with van der Waals surface area (Å²) < 4.78 is 0. The van der Waals surface area contributed by atoms with Gasteiger partial charge in [0.25, 0.3) is 0 Å². The van der Waals surface area contributed by atoms with Crippen LogP contribution in [0.2, 0.25) is 0 Å². The minimum Gasteiger partial charge on any atom is -0.395 e. The second-order valence-electron chi connectivity index (χ2n) is 4.40. The number of anilines is 1. The molecule has 0 amide bonds. The van der Waals surface area contributed by atoms with Crippen molar-refractivity contribution in [3.8, 4) is 0 Å². The smallest absolute Gasteiger partial charge is 0.0556 e. The molecule has 2 rings (SSSR count). The zero-order valence-electron chi connectivity index (χ0n) is 9.82. The van der Waals surface area contributed by atoms with E-state index in [2.05, 4.69) is 41.4 Å². The molecule has 1 saturated heterocycles. The Kier molecular flexibility index (Phi) is 3.80. The summed E-state index contributed by atoms with van der Waals surface area (Å²) in [5.74, 6) is 0. The van der Waals surface area contributed by atoms with E-state index in [1.807, 2.05) is 0 Å². The Morgan fingerprint density at radius 2 is 2.25 bits per heavy atom. The van der Waals surface area contributed by atoms with Gasteiger partial charge in [0, 0.05) is 31.4 Å². The van der Waals surface area contributed by atoms with Gasteiger partial charge in [-0.2, -0.15) is 0 Å². The van der Waals surface area contributed by atoms with E-state index < -0.39 is 0 Å². The standard InChI is InChI=1S/C13H20N2O/c1-11-4-2-3-5-13(11)15-8-6-12(10-15)14-7-9-16/h2-5,12,14,16H,6-10H2,1H3. The molecule has 0 spiro atoms. The van der Waals surface area contributed by atoms with Crippen LogP contribution in [-0.2, 0) is 0 Å². The van der Waals surface area contributed by atoms with Crippen LogP contribution in [0.5, 0.6) is 0 Å². The molecule has 3 nitrogen and oxygen atoms in total. The third-order valence-corrected chi connectivity index (χ3v) is 3.19. The van der Waals surface area contributed by atoms with E-state index in [4.69, 9.17) is 5.11 Å². The molecule has 1 aliphatic heterocycles. The number of rotatable bonds is 4. The molecule has 2 N–H and O–H groups in total. The van der Waals surface area contributed by atoms with Gasteiger partial charge in [0.1, 0.15) is 0 Å². The Labute approximate surface area is 97.1 Å². The summed E-state index contributed by atoms with van der Waals surface area (Å²) in [5.41, 5.74) is 2.68. The second kappa shape index (κ2) is 5.32. The second-order valence-corrected chi connectivity index (χ2v) is 4.40. The van der Waals surface area contributed by atoms with Gasteiger partial charge in [-0.1, -0.05) is 18.2 Å². The SMILES string of the molecule is Cc1ccccc1N1CCC(NCCO)C1. The molecule has 0 saturated carbocycles. The number of hydrogen-bond donors (Lipinski definition) is 2. The monoisotopic (exact) mass is 220 g/mol. The van der Waals surface area contributed by atoms with Gasteiger partial charge >= 0.3 is 0 Å². The van der Waals surface area contributed by atoms with Crippen molar-refractivity contribution in [3.63, 3.8) is 0 Å². The predicted molar refractivity (Wildman–Crippen MR) is 66.9 cm³/mol. The molecule has 3 heteroatoms. The Morgan fingerprint density at radius 3 is 3.00 bits per heavy atom. The van der Waals surface area contributed by atoms with Crippen LogP contribution in [0.1, 0.15) is 12.0 Å². The minimum absolute atomic E-state index is 0.223. The van der Waals surface area contributed by atoms with Crippen LogP contribution in [0.25, 0.3) is 0 Å². The number of aliphatic hydroxyl groups is 1. The Hall–Kier alpha value is -1.06. The van der Waals surface area contributed by atoms with Crippen LogP contribution in [0.3, 0.4) is 0 Å². The molecule has 16 heavy (non-hydrogen) atoms. The number of nitrogens with one attached hydrogen (secondary N) is 1. The number of aryl methyl sites for hydroxylation is 1. The molecular formula is C13H20N2O. The molecule has 0 bridgehead atoms. The van der Waals surface area contributed by atoms with Gasteiger partial charge in [0.05, 0.1) is 6.61 Å². The molecule has 0 aromatic heterocycles. The third kappa shape index (κ3) is 2.54. The summed E-state index contributed by atoms with van der Waals surface area (Å²) in [6.07, 6.45) is 1.16. The van der Waals surface area contributed by atoms with Gasteiger partial charge in [0.15, 0.2) is 0 Å². The number of aliphatic hydroxyl groups excluding tert-OH is 1. The molecule has 1 fully saturated rings. The summed E-state index contributed by atoms with van der Waals surface area (Å²) in [5, 5.41) is 12.1. The van der Waals surface area contributed by atoms with Crippen molar-refractivity contribution in [2.45, 2.75) is 19.4 Å². The molecule has 0 aliphatic carbocycles. The average molecular weight is 220 g/mol. The predicted octanol–water partition coefficient (Wildman–Crippen LogP) is 1.16. The largest absolute Gasteiger partial charge is 0.395 e. The van der Waals surface area contributed by atoms with Gasteiger partial charge < -0.3 is 15.3 Å². The van der Waals surface area contributed by atoms with Crippen LogP contribution in [-0.4, -0.2) is 37.4 Å². The first-order chi connectivity index (χ1) is 7.81. The van der Waals surface area contributed by atoms with E-state index in [9.17, 15) is 0 Å². The van der Waals surface area contributed by atoms with Gasteiger partial charge in [-0.05, 0) is 25.0 Å². The fraction of sp³-hybridized carbons (Fsp3) is 0.538. The molecule has 0 radical (unpaired) electrons. The molecule has 1 heterocycles. The lowest BCUT2D eigenvalue weighted by Gasteiger charge is -2.21. The maximum atomic E-state index is 8.78.